The van der Waals surface area contributed by atoms with E-state index in [9.17, 15) is 45.3 Å². The summed E-state index contributed by atoms with van der Waals surface area (Å²) in [6, 6.07) is 7.95. The SMILES string of the molecule is C[C@@H]1O[C@@H](O[C@@H]2[C@@H](CO)OCC[C@H]2O[C@@H]2O[C@H](CO)[C@H](O)[C@H](OC(CC3CCCCC3)C(=O)O)[C@H]2OC(=O)c2ccccc2)[C@@H](O)[C@H](O)[C@@H]1O. The molecule has 0 spiro atoms. The molecule has 5 rings (SSSR count). The molecule has 282 valence electrons. The van der Waals surface area contributed by atoms with E-state index in [4.69, 9.17) is 33.2 Å². The number of benzene rings is 1. The average Bonchev–Trinajstić information content (AvgIpc) is 3.12. The van der Waals surface area contributed by atoms with Crippen molar-refractivity contribution in [2.75, 3.05) is 19.8 Å². The molecule has 3 saturated heterocycles. The number of carbonyl (C=O) groups excluding carboxylic acids is 1. The molecule has 0 aromatic heterocycles. The number of rotatable bonds is 13. The van der Waals surface area contributed by atoms with Gasteiger partial charge in [0, 0.05) is 6.61 Å². The number of hydrogen-bond donors (Lipinski definition) is 7. The van der Waals surface area contributed by atoms with Gasteiger partial charge in [-0.2, -0.15) is 0 Å². The monoisotopic (exact) mass is 714 g/mol. The van der Waals surface area contributed by atoms with E-state index in [1.807, 2.05) is 0 Å². The molecule has 0 amide bonds. The molecule has 1 aromatic rings. The van der Waals surface area contributed by atoms with E-state index in [0.717, 1.165) is 32.1 Å². The molecular weight excluding hydrogens is 664 g/mol. The molecular formula is C34H50O16. The van der Waals surface area contributed by atoms with Gasteiger partial charge in [-0.1, -0.05) is 50.3 Å². The van der Waals surface area contributed by atoms with Gasteiger partial charge in [0.05, 0.1) is 31.0 Å². The Kier molecular flexibility index (Phi) is 14.0. The number of aliphatic hydroxyl groups is 6. The Balaban J connectivity index is 1.44. The summed E-state index contributed by atoms with van der Waals surface area (Å²) in [6.07, 6.45) is -14.5. The molecule has 3 aliphatic heterocycles. The summed E-state index contributed by atoms with van der Waals surface area (Å²) >= 11 is 0. The molecule has 1 unspecified atom stereocenters. The molecule has 16 heteroatoms. The lowest BCUT2D eigenvalue weighted by molar-refractivity contribution is -0.356. The summed E-state index contributed by atoms with van der Waals surface area (Å²) in [5.74, 6) is -2.04. The van der Waals surface area contributed by atoms with Crippen LogP contribution in [-0.2, 0) is 38.0 Å². The molecule has 0 bridgehead atoms. The van der Waals surface area contributed by atoms with E-state index in [1.54, 1.807) is 18.2 Å². The van der Waals surface area contributed by atoms with Gasteiger partial charge in [-0.25, -0.2) is 9.59 Å². The number of ether oxygens (including phenoxy) is 7. The quantitative estimate of drug-likeness (QED) is 0.127. The lowest BCUT2D eigenvalue weighted by atomic mass is 9.85. The summed E-state index contributed by atoms with van der Waals surface area (Å²) in [4.78, 5) is 25.9. The van der Waals surface area contributed by atoms with Crippen LogP contribution in [-0.4, -0.2) is 153 Å². The van der Waals surface area contributed by atoms with Crippen molar-refractivity contribution in [2.45, 2.75) is 138 Å². The van der Waals surface area contributed by atoms with Crippen molar-refractivity contribution in [3.8, 4) is 0 Å². The maximum Gasteiger partial charge on any atom is 0.338 e. The van der Waals surface area contributed by atoms with Crippen LogP contribution < -0.4 is 0 Å². The van der Waals surface area contributed by atoms with Gasteiger partial charge >= 0.3 is 11.9 Å². The number of hydrogen-bond acceptors (Lipinski definition) is 15. The lowest BCUT2D eigenvalue weighted by Crippen LogP contribution is -2.64. The van der Waals surface area contributed by atoms with Crippen molar-refractivity contribution in [2.24, 2.45) is 5.92 Å². The zero-order valence-electron chi connectivity index (χ0n) is 27.9. The van der Waals surface area contributed by atoms with Crippen LogP contribution in [0, 0.1) is 5.92 Å². The van der Waals surface area contributed by atoms with Crippen LogP contribution in [0.4, 0.5) is 0 Å². The third-order valence-corrected chi connectivity index (χ3v) is 9.98. The topological polar surface area (TPSA) is 240 Å². The van der Waals surface area contributed by atoms with Crippen molar-refractivity contribution >= 4 is 11.9 Å². The first-order valence-electron chi connectivity index (χ1n) is 17.3. The molecule has 7 N–H and O–H groups in total. The van der Waals surface area contributed by atoms with E-state index in [1.165, 1.54) is 19.1 Å². The summed E-state index contributed by atoms with van der Waals surface area (Å²) < 4.78 is 41.7. The fraction of sp³-hybridized carbons (Fsp3) is 0.765. The standard InChI is InChI=1S/C34H50O16/c1-17-24(37)26(39)27(40)33(45-17)50-28-20(12-13-44-23(28)16-36)47-34-30(49-32(43)19-10-6-3-7-11-19)29(25(38)22(15-35)48-34)46-21(31(41)42)14-18-8-4-2-5-9-18/h3,6-7,10-11,17-18,20-30,33-40H,2,4-5,8-9,12-16H2,1H3,(H,41,42)/t17-,20+,21?,22+,23+,24+,25-,26+,27-,28-,29-,30+,33-,34+/m0/s1. The van der Waals surface area contributed by atoms with Gasteiger partial charge in [-0.15, -0.1) is 0 Å². The molecule has 50 heavy (non-hydrogen) atoms. The van der Waals surface area contributed by atoms with Crippen molar-refractivity contribution in [3.05, 3.63) is 35.9 Å². The number of aliphatic carboxylic acids is 1. The van der Waals surface area contributed by atoms with E-state index in [2.05, 4.69) is 0 Å². The van der Waals surface area contributed by atoms with E-state index in [-0.39, 0.29) is 30.9 Å². The average molecular weight is 715 g/mol. The van der Waals surface area contributed by atoms with Gasteiger partial charge in [0.15, 0.2) is 24.8 Å². The molecule has 1 saturated carbocycles. The third-order valence-electron chi connectivity index (χ3n) is 9.98. The Hall–Kier alpha value is -2.32. The van der Waals surface area contributed by atoms with Crippen molar-refractivity contribution in [1.29, 1.82) is 0 Å². The minimum Gasteiger partial charge on any atom is -0.479 e. The molecule has 0 radical (unpaired) electrons. The first-order chi connectivity index (χ1) is 24.0. The van der Waals surface area contributed by atoms with Gasteiger partial charge in [0.2, 0.25) is 0 Å². The molecule has 16 nitrogen and oxygen atoms in total. The van der Waals surface area contributed by atoms with E-state index in [0.29, 0.717) is 0 Å². The summed E-state index contributed by atoms with van der Waals surface area (Å²) in [6.45, 7) is 0.258. The third kappa shape index (κ3) is 9.18. The van der Waals surface area contributed by atoms with Gasteiger partial charge in [0.25, 0.3) is 0 Å². The summed E-state index contributed by atoms with van der Waals surface area (Å²) in [5.41, 5.74) is 0.145. The van der Waals surface area contributed by atoms with Gasteiger partial charge in [-0.3, -0.25) is 0 Å². The number of carboxylic acids is 1. The van der Waals surface area contributed by atoms with Crippen LogP contribution in [0.15, 0.2) is 30.3 Å². The highest BCUT2D eigenvalue weighted by molar-refractivity contribution is 5.89. The molecule has 1 aliphatic carbocycles. The Morgan fingerprint density at radius 3 is 2.16 bits per heavy atom. The maximum absolute atomic E-state index is 13.4. The minimum absolute atomic E-state index is 0.0667. The predicted molar refractivity (Wildman–Crippen MR) is 168 cm³/mol. The second-order valence-corrected chi connectivity index (χ2v) is 13.5. The minimum atomic E-state index is -1.68. The maximum atomic E-state index is 13.4. The van der Waals surface area contributed by atoms with Crippen LogP contribution >= 0.6 is 0 Å². The molecule has 3 heterocycles. The second kappa shape index (κ2) is 17.9. The van der Waals surface area contributed by atoms with Gasteiger partial charge in [0.1, 0.15) is 48.8 Å². The fourth-order valence-electron chi connectivity index (χ4n) is 7.09. The van der Waals surface area contributed by atoms with Crippen molar-refractivity contribution < 1.29 is 78.5 Å². The van der Waals surface area contributed by atoms with Gasteiger partial charge in [-0.05, 0) is 37.8 Å². The first-order valence-corrected chi connectivity index (χ1v) is 17.3. The zero-order valence-corrected chi connectivity index (χ0v) is 27.9. The molecule has 1 aromatic carbocycles. The summed E-state index contributed by atoms with van der Waals surface area (Å²) in [5, 5.41) is 73.1. The van der Waals surface area contributed by atoms with Crippen LogP contribution in [0.5, 0.6) is 0 Å². The Labute approximate surface area is 289 Å². The van der Waals surface area contributed by atoms with Crippen LogP contribution in [0.3, 0.4) is 0 Å². The van der Waals surface area contributed by atoms with Gasteiger partial charge < -0.3 is 68.9 Å². The van der Waals surface area contributed by atoms with Crippen molar-refractivity contribution in [1.82, 2.24) is 0 Å². The highest BCUT2D eigenvalue weighted by atomic mass is 16.8. The predicted octanol–water partition coefficient (Wildman–Crippen LogP) is -0.522. The van der Waals surface area contributed by atoms with E-state index < -0.39 is 111 Å². The largest absolute Gasteiger partial charge is 0.479 e. The van der Waals surface area contributed by atoms with Crippen LogP contribution in [0.1, 0.15) is 62.2 Å². The zero-order chi connectivity index (χ0) is 35.9. The highest BCUT2D eigenvalue weighted by Crippen LogP contribution is 2.35. The Morgan fingerprint density at radius 2 is 1.50 bits per heavy atom. The van der Waals surface area contributed by atoms with Crippen LogP contribution in [0.25, 0.3) is 0 Å². The normalized spacial score (nSPS) is 39.1. The van der Waals surface area contributed by atoms with Crippen LogP contribution in [0.2, 0.25) is 0 Å². The number of carbonyl (C=O) groups is 2. The Morgan fingerprint density at radius 1 is 0.800 bits per heavy atom. The lowest BCUT2D eigenvalue weighted by Gasteiger charge is -2.47. The van der Waals surface area contributed by atoms with Crippen molar-refractivity contribution in [3.63, 3.8) is 0 Å². The Bertz CT molecular complexity index is 1210. The number of esters is 1. The molecule has 4 fully saturated rings. The first kappa shape index (κ1) is 38.9. The smallest absolute Gasteiger partial charge is 0.338 e. The number of aliphatic hydroxyl groups excluding tert-OH is 6. The highest BCUT2D eigenvalue weighted by Gasteiger charge is 2.53. The number of carboxylic acid groups (broad SMARTS) is 1. The fourth-order valence-corrected chi connectivity index (χ4v) is 7.09. The summed E-state index contributed by atoms with van der Waals surface area (Å²) in [7, 11) is 0. The second-order valence-electron chi connectivity index (χ2n) is 13.5. The molecule has 4 aliphatic rings. The van der Waals surface area contributed by atoms with E-state index >= 15 is 0 Å². The molecule has 14 atom stereocenters.